The van der Waals surface area contributed by atoms with E-state index >= 15 is 0 Å². The van der Waals surface area contributed by atoms with E-state index in [0.717, 1.165) is 38.6 Å². The number of nitrogens with one attached hydrogen (secondary N) is 2. The van der Waals surface area contributed by atoms with Crippen LogP contribution in [0.1, 0.15) is 43.2 Å². The zero-order valence-electron chi connectivity index (χ0n) is 30.0. The van der Waals surface area contributed by atoms with Crippen LogP contribution in [0.25, 0.3) is 44.3 Å². The van der Waals surface area contributed by atoms with Crippen molar-refractivity contribution in [2.24, 2.45) is 0 Å². The maximum Gasteiger partial charge on any atom is 0.253 e. The van der Waals surface area contributed by atoms with Crippen LogP contribution >= 0.6 is 0 Å². The molecule has 0 fully saturated rings. The Morgan fingerprint density at radius 3 is 1.46 bits per heavy atom. The van der Waals surface area contributed by atoms with E-state index in [-0.39, 0.29) is 11.8 Å². The lowest BCUT2D eigenvalue weighted by atomic mass is 10.0. The Labute approximate surface area is 314 Å². The molecule has 0 saturated carbocycles. The lowest BCUT2D eigenvalue weighted by molar-refractivity contribution is 0.0942. The van der Waals surface area contributed by atoms with E-state index in [1.165, 1.54) is 5.56 Å². The summed E-state index contributed by atoms with van der Waals surface area (Å²) >= 11 is 0. The van der Waals surface area contributed by atoms with Crippen molar-refractivity contribution in [3.8, 4) is 22.3 Å². The van der Waals surface area contributed by atoms with Crippen LogP contribution in [0.15, 0.2) is 158 Å². The predicted octanol–water partition coefficient (Wildman–Crippen LogP) is 9.07. The Morgan fingerprint density at radius 1 is 0.463 bits per heavy atom. The Bertz CT molecular complexity index is 2560. The number of aryl methyl sites for hydroxylation is 2. The van der Waals surface area contributed by atoms with E-state index in [1.54, 1.807) is 12.4 Å². The van der Waals surface area contributed by atoms with Gasteiger partial charge in [0.1, 0.15) is 0 Å². The van der Waals surface area contributed by atoms with Gasteiger partial charge in [0.2, 0.25) is 0 Å². The second-order valence-electron chi connectivity index (χ2n) is 12.8. The molecule has 8 heteroatoms. The smallest absolute Gasteiger partial charge is 0.253 e. The third-order valence-corrected chi connectivity index (χ3v) is 9.05. The SMILES string of the molecule is Cc1nc2ncccc2cc1C(=O)NCc1ccc(-c2ccccc2)cc1.Cc1nc2ncccc2cc1C(=O)NCc1cccc(-c2ccccc2)c1. The van der Waals surface area contributed by atoms with Gasteiger partial charge in [0.05, 0.1) is 22.5 Å². The molecule has 0 aliphatic carbocycles. The van der Waals surface area contributed by atoms with Crippen molar-refractivity contribution in [1.29, 1.82) is 0 Å². The van der Waals surface area contributed by atoms with Crippen molar-refractivity contribution in [2.45, 2.75) is 26.9 Å². The van der Waals surface area contributed by atoms with Gasteiger partial charge in [-0.3, -0.25) is 9.59 Å². The van der Waals surface area contributed by atoms with Crippen LogP contribution in [0.2, 0.25) is 0 Å². The van der Waals surface area contributed by atoms with Crippen LogP contribution in [0.5, 0.6) is 0 Å². The summed E-state index contributed by atoms with van der Waals surface area (Å²) in [5.74, 6) is -0.256. The largest absolute Gasteiger partial charge is 0.348 e. The normalized spacial score (nSPS) is 10.7. The molecule has 8 rings (SSSR count). The van der Waals surface area contributed by atoms with Gasteiger partial charge in [-0.1, -0.05) is 103 Å². The Morgan fingerprint density at radius 2 is 0.926 bits per heavy atom. The number of aromatic nitrogens is 4. The van der Waals surface area contributed by atoms with E-state index in [4.69, 9.17) is 0 Å². The first kappa shape index (κ1) is 35.3. The van der Waals surface area contributed by atoms with Gasteiger partial charge in [0.25, 0.3) is 11.8 Å². The van der Waals surface area contributed by atoms with E-state index in [9.17, 15) is 9.59 Å². The fraction of sp³-hybridized carbons (Fsp3) is 0.0870. The van der Waals surface area contributed by atoms with E-state index in [2.05, 4.69) is 79.1 Å². The first-order valence-electron chi connectivity index (χ1n) is 17.7. The molecule has 4 aromatic heterocycles. The molecule has 2 amide bonds. The minimum Gasteiger partial charge on any atom is -0.348 e. The number of rotatable bonds is 8. The van der Waals surface area contributed by atoms with Crippen LogP contribution in [0, 0.1) is 13.8 Å². The fourth-order valence-corrected chi connectivity index (χ4v) is 6.14. The Balaban J connectivity index is 0.000000167. The average molecular weight is 707 g/mol. The van der Waals surface area contributed by atoms with Gasteiger partial charge in [-0.25, -0.2) is 19.9 Å². The second kappa shape index (κ2) is 16.5. The molecular formula is C46H38N6O2. The molecule has 0 bridgehead atoms. The summed E-state index contributed by atoms with van der Waals surface area (Å²) in [5.41, 5.74) is 10.6. The molecule has 0 aliphatic heterocycles. The number of pyridine rings is 4. The molecule has 8 nitrogen and oxygen atoms in total. The Kier molecular flexibility index (Phi) is 10.8. The second-order valence-corrected chi connectivity index (χ2v) is 12.8. The van der Waals surface area contributed by atoms with Gasteiger partial charge in [0, 0.05) is 36.3 Å². The van der Waals surface area contributed by atoms with Gasteiger partial charge in [-0.2, -0.15) is 0 Å². The summed E-state index contributed by atoms with van der Waals surface area (Å²) in [6.07, 6.45) is 3.40. The van der Waals surface area contributed by atoms with Gasteiger partial charge in [-0.15, -0.1) is 0 Å². The minimum atomic E-state index is -0.129. The molecule has 54 heavy (non-hydrogen) atoms. The lowest BCUT2D eigenvalue weighted by Crippen LogP contribution is -2.24. The van der Waals surface area contributed by atoms with E-state index < -0.39 is 0 Å². The highest BCUT2D eigenvalue weighted by Gasteiger charge is 2.13. The monoisotopic (exact) mass is 706 g/mol. The maximum atomic E-state index is 12.7. The first-order chi connectivity index (χ1) is 26.4. The molecule has 0 aliphatic rings. The number of hydrogen-bond acceptors (Lipinski definition) is 6. The van der Waals surface area contributed by atoms with Crippen LogP contribution in [0.3, 0.4) is 0 Å². The van der Waals surface area contributed by atoms with Crippen molar-refractivity contribution in [2.75, 3.05) is 0 Å². The van der Waals surface area contributed by atoms with Crippen molar-refractivity contribution in [1.82, 2.24) is 30.6 Å². The molecule has 264 valence electrons. The third kappa shape index (κ3) is 8.52. The number of nitrogens with zero attached hydrogens (tertiary/aromatic N) is 4. The molecule has 8 aromatic rings. The summed E-state index contributed by atoms with van der Waals surface area (Å²) in [6.45, 7) is 4.60. The molecule has 0 saturated heterocycles. The van der Waals surface area contributed by atoms with Crippen LogP contribution in [0.4, 0.5) is 0 Å². The zero-order chi connectivity index (χ0) is 37.3. The fourth-order valence-electron chi connectivity index (χ4n) is 6.14. The molecule has 2 N–H and O–H groups in total. The van der Waals surface area contributed by atoms with Gasteiger partial charge in [0.15, 0.2) is 11.3 Å². The van der Waals surface area contributed by atoms with Crippen molar-refractivity contribution >= 4 is 33.9 Å². The molecule has 0 radical (unpaired) electrons. The minimum absolute atomic E-state index is 0.127. The standard InChI is InChI=1S/2C23H19N3O/c1-16-21(14-20-11-6-12-24-22(20)26-16)23(27)25-15-17-7-5-10-19(13-17)18-8-3-2-4-9-18;1-16-21(14-20-8-5-13-24-22(20)26-16)23(27)25-15-17-9-11-19(12-10-17)18-6-3-2-4-7-18/h2*2-14H,15H2,1H3,(H,25,27). The lowest BCUT2D eigenvalue weighted by Gasteiger charge is -2.10. The van der Waals surface area contributed by atoms with Crippen LogP contribution < -0.4 is 10.6 Å². The van der Waals surface area contributed by atoms with E-state index in [1.807, 2.05) is 111 Å². The first-order valence-corrected chi connectivity index (χ1v) is 17.7. The maximum absolute atomic E-state index is 12.7. The topological polar surface area (TPSA) is 110 Å². The van der Waals surface area contributed by atoms with Crippen molar-refractivity contribution in [3.05, 3.63) is 192 Å². The number of carbonyl (C=O) groups excluding carboxylic acids is 2. The van der Waals surface area contributed by atoms with Crippen molar-refractivity contribution in [3.63, 3.8) is 0 Å². The Hall–Kier alpha value is -7.06. The van der Waals surface area contributed by atoms with E-state index in [0.29, 0.717) is 46.9 Å². The van der Waals surface area contributed by atoms with Gasteiger partial charge >= 0.3 is 0 Å². The zero-order valence-corrected chi connectivity index (χ0v) is 30.0. The number of hydrogen-bond donors (Lipinski definition) is 2. The number of carbonyl (C=O) groups is 2. The number of fused-ring (bicyclic) bond motifs is 2. The summed E-state index contributed by atoms with van der Waals surface area (Å²) in [5, 5.41) is 7.70. The molecule has 0 unspecified atom stereocenters. The number of benzene rings is 4. The quantitative estimate of drug-likeness (QED) is 0.163. The summed E-state index contributed by atoms with van der Waals surface area (Å²) in [4.78, 5) is 42.6. The molecule has 0 atom stereocenters. The van der Waals surface area contributed by atoms with Gasteiger partial charge < -0.3 is 10.6 Å². The highest BCUT2D eigenvalue weighted by atomic mass is 16.2. The van der Waals surface area contributed by atoms with Crippen LogP contribution in [-0.4, -0.2) is 31.8 Å². The summed E-state index contributed by atoms with van der Waals surface area (Å²) in [7, 11) is 0. The highest BCUT2D eigenvalue weighted by molar-refractivity contribution is 5.99. The predicted molar refractivity (Wildman–Crippen MR) is 215 cm³/mol. The van der Waals surface area contributed by atoms with Crippen LogP contribution in [-0.2, 0) is 13.1 Å². The highest BCUT2D eigenvalue weighted by Crippen LogP contribution is 2.22. The number of amides is 2. The molecule has 4 aromatic carbocycles. The summed E-state index contributed by atoms with van der Waals surface area (Å²) in [6, 6.07) is 48.1. The third-order valence-electron chi connectivity index (χ3n) is 9.05. The van der Waals surface area contributed by atoms with Crippen molar-refractivity contribution < 1.29 is 9.59 Å². The van der Waals surface area contributed by atoms with Gasteiger partial charge in [-0.05, 0) is 89.7 Å². The summed E-state index contributed by atoms with van der Waals surface area (Å²) < 4.78 is 0. The molecule has 0 spiro atoms. The molecular weight excluding hydrogens is 669 g/mol. The molecule has 4 heterocycles. The average Bonchev–Trinajstić information content (AvgIpc) is 3.22.